The van der Waals surface area contributed by atoms with Crippen molar-refractivity contribution in [1.29, 1.82) is 0 Å². The van der Waals surface area contributed by atoms with Crippen LogP contribution in [-0.4, -0.2) is 32.9 Å². The van der Waals surface area contributed by atoms with Crippen LogP contribution in [0.25, 0.3) is 0 Å². The molecule has 0 aromatic heterocycles. The maximum absolute atomic E-state index is 12.5. The molecule has 0 spiro atoms. The summed E-state index contributed by atoms with van der Waals surface area (Å²) in [7, 11) is -2.24. The molecule has 0 saturated heterocycles. The molecule has 0 amide bonds. The van der Waals surface area contributed by atoms with Crippen molar-refractivity contribution in [1.82, 2.24) is 4.31 Å². The molecule has 4 nitrogen and oxygen atoms in total. The second kappa shape index (κ2) is 7.29. The third-order valence-electron chi connectivity index (χ3n) is 2.79. The maximum atomic E-state index is 12.5. The lowest BCUT2D eigenvalue weighted by atomic mass is 9.94. The van der Waals surface area contributed by atoms with Crippen molar-refractivity contribution in [2.45, 2.75) is 18.7 Å². The van der Waals surface area contributed by atoms with Gasteiger partial charge in [0.15, 0.2) is 0 Å². The molecule has 0 unspecified atom stereocenters. The van der Waals surface area contributed by atoms with Crippen LogP contribution in [0.2, 0.25) is 10.0 Å². The summed E-state index contributed by atoms with van der Waals surface area (Å²) in [6.45, 7) is 4.46. The summed E-state index contributed by atoms with van der Waals surface area (Å²) < 4.78 is 26.2. The Morgan fingerprint density at radius 3 is 2.10 bits per heavy atom. The van der Waals surface area contributed by atoms with E-state index in [1.807, 2.05) is 13.8 Å². The molecule has 1 rings (SSSR count). The third-order valence-corrected chi connectivity index (χ3v) is 5.55. The van der Waals surface area contributed by atoms with Crippen LogP contribution in [0, 0.1) is 5.41 Å². The summed E-state index contributed by atoms with van der Waals surface area (Å²) in [5, 5.41) is 0.231. The summed E-state index contributed by atoms with van der Waals surface area (Å²) in [5.41, 5.74) is 5.30. The van der Waals surface area contributed by atoms with Crippen molar-refractivity contribution < 1.29 is 8.42 Å². The molecule has 116 valence electrons. The fourth-order valence-corrected chi connectivity index (χ4v) is 4.08. The predicted molar refractivity (Wildman–Crippen MR) is 86.4 cm³/mol. The van der Waals surface area contributed by atoms with Gasteiger partial charge in [-0.25, -0.2) is 12.7 Å². The van der Waals surface area contributed by atoms with E-state index in [2.05, 4.69) is 0 Å². The van der Waals surface area contributed by atoms with Gasteiger partial charge in [0.2, 0.25) is 10.0 Å². The molecule has 2 N–H and O–H groups in total. The lowest BCUT2D eigenvalue weighted by Crippen LogP contribution is -2.39. The van der Waals surface area contributed by atoms with Crippen LogP contribution >= 0.6 is 35.6 Å². The first-order valence-electron chi connectivity index (χ1n) is 5.72. The first-order valence-corrected chi connectivity index (χ1v) is 7.92. The minimum Gasteiger partial charge on any atom is -0.330 e. The van der Waals surface area contributed by atoms with Gasteiger partial charge in [0.05, 0.1) is 10.0 Å². The van der Waals surface area contributed by atoms with Gasteiger partial charge >= 0.3 is 0 Å². The molecular formula is C12H19Cl3N2O2S. The normalized spacial score (nSPS) is 12.3. The fourth-order valence-electron chi connectivity index (χ4n) is 1.64. The molecule has 0 bridgehead atoms. The van der Waals surface area contributed by atoms with E-state index in [4.69, 9.17) is 28.9 Å². The molecule has 0 aliphatic heterocycles. The lowest BCUT2D eigenvalue weighted by Gasteiger charge is -2.28. The fraction of sp³-hybridized carbons (Fsp3) is 0.500. The van der Waals surface area contributed by atoms with E-state index < -0.39 is 10.0 Å². The largest absolute Gasteiger partial charge is 0.330 e. The Hall–Kier alpha value is -0.0400. The van der Waals surface area contributed by atoms with Gasteiger partial charge in [-0.2, -0.15) is 0 Å². The van der Waals surface area contributed by atoms with Crippen LogP contribution in [-0.2, 0) is 10.0 Å². The van der Waals surface area contributed by atoms with E-state index in [9.17, 15) is 8.42 Å². The van der Waals surface area contributed by atoms with E-state index in [1.54, 1.807) is 6.07 Å². The number of rotatable bonds is 5. The number of nitrogens with two attached hydrogens (primary N) is 1. The summed E-state index contributed by atoms with van der Waals surface area (Å²) in [5.74, 6) is 0. The zero-order valence-corrected chi connectivity index (χ0v) is 14.7. The summed E-state index contributed by atoms with van der Waals surface area (Å²) in [4.78, 5) is -0.0614. The van der Waals surface area contributed by atoms with E-state index >= 15 is 0 Å². The number of benzene rings is 1. The van der Waals surface area contributed by atoms with Gasteiger partial charge in [-0.1, -0.05) is 43.1 Å². The molecule has 0 saturated carbocycles. The third kappa shape index (κ3) is 4.48. The Labute approximate surface area is 136 Å². The number of hydrogen-bond donors (Lipinski definition) is 1. The Morgan fingerprint density at radius 1 is 1.25 bits per heavy atom. The summed E-state index contributed by atoms with van der Waals surface area (Å²) in [6.07, 6.45) is 0. The van der Waals surface area contributed by atoms with Gasteiger partial charge in [-0.05, 0) is 24.1 Å². The highest BCUT2D eigenvalue weighted by Crippen LogP contribution is 2.32. The Kier molecular flexibility index (Phi) is 7.28. The first-order chi connectivity index (χ1) is 8.62. The molecule has 0 aliphatic rings. The van der Waals surface area contributed by atoms with Crippen molar-refractivity contribution in [3.05, 3.63) is 28.2 Å². The minimum absolute atomic E-state index is 0. The monoisotopic (exact) mass is 360 g/mol. The highest BCUT2D eigenvalue weighted by atomic mass is 35.5. The molecule has 1 aromatic carbocycles. The molecule has 0 radical (unpaired) electrons. The van der Waals surface area contributed by atoms with Gasteiger partial charge < -0.3 is 5.73 Å². The highest BCUT2D eigenvalue weighted by molar-refractivity contribution is 7.89. The number of sulfonamides is 1. The molecular weight excluding hydrogens is 343 g/mol. The lowest BCUT2D eigenvalue weighted by molar-refractivity contribution is 0.292. The number of hydrogen-bond acceptors (Lipinski definition) is 3. The van der Waals surface area contributed by atoms with Gasteiger partial charge in [0.1, 0.15) is 4.90 Å². The van der Waals surface area contributed by atoms with Gasteiger partial charge in [-0.15, -0.1) is 12.4 Å². The summed E-state index contributed by atoms with van der Waals surface area (Å²) in [6, 6.07) is 4.61. The first kappa shape index (κ1) is 20.0. The second-order valence-corrected chi connectivity index (χ2v) is 7.98. The Morgan fingerprint density at radius 2 is 1.70 bits per heavy atom. The maximum Gasteiger partial charge on any atom is 0.245 e. The molecule has 0 aliphatic carbocycles. The molecule has 1 aromatic rings. The quantitative estimate of drug-likeness (QED) is 0.876. The molecule has 8 heteroatoms. The average molecular weight is 362 g/mol. The van der Waals surface area contributed by atoms with Gasteiger partial charge in [0, 0.05) is 13.6 Å². The number of halogens is 3. The highest BCUT2D eigenvalue weighted by Gasteiger charge is 2.30. The molecule has 0 atom stereocenters. The standard InChI is InChI=1S/C12H18Cl2N2O2S.ClH/c1-12(2,7-15)8-16(3)19(17,18)11-9(13)5-4-6-10(11)14;/h4-6H,7-8,15H2,1-3H3;1H. The van der Waals surface area contributed by atoms with Gasteiger partial charge in [-0.3, -0.25) is 0 Å². The van der Waals surface area contributed by atoms with E-state index in [0.29, 0.717) is 6.54 Å². The van der Waals surface area contributed by atoms with Gasteiger partial charge in [0.25, 0.3) is 0 Å². The second-order valence-electron chi connectivity index (χ2n) is 5.18. The molecule has 20 heavy (non-hydrogen) atoms. The molecule has 0 heterocycles. The van der Waals surface area contributed by atoms with E-state index in [-0.39, 0.29) is 39.3 Å². The van der Waals surface area contributed by atoms with Crippen LogP contribution in [0.4, 0.5) is 0 Å². The smallest absolute Gasteiger partial charge is 0.245 e. The average Bonchev–Trinajstić information content (AvgIpc) is 2.27. The minimum atomic E-state index is -3.73. The zero-order valence-electron chi connectivity index (χ0n) is 11.6. The van der Waals surface area contributed by atoms with Crippen LogP contribution in [0.15, 0.2) is 23.1 Å². The van der Waals surface area contributed by atoms with E-state index in [0.717, 1.165) is 0 Å². The van der Waals surface area contributed by atoms with Crippen molar-refractivity contribution in [3.8, 4) is 0 Å². The van der Waals surface area contributed by atoms with Crippen molar-refractivity contribution in [3.63, 3.8) is 0 Å². The van der Waals surface area contributed by atoms with Crippen LogP contribution < -0.4 is 5.73 Å². The zero-order chi connectivity index (χ0) is 14.8. The topological polar surface area (TPSA) is 63.4 Å². The van der Waals surface area contributed by atoms with Crippen LogP contribution in [0.3, 0.4) is 0 Å². The Bertz CT molecular complexity index is 542. The SMILES string of the molecule is CN(CC(C)(C)CN)S(=O)(=O)c1c(Cl)cccc1Cl.Cl. The van der Waals surface area contributed by atoms with Crippen molar-refractivity contribution >= 4 is 45.6 Å². The van der Waals surface area contributed by atoms with Crippen LogP contribution in [0.1, 0.15) is 13.8 Å². The van der Waals surface area contributed by atoms with Crippen LogP contribution in [0.5, 0.6) is 0 Å². The predicted octanol–water partition coefficient (Wildman–Crippen LogP) is 3.02. The van der Waals surface area contributed by atoms with E-state index in [1.165, 1.54) is 23.5 Å². The summed E-state index contributed by atoms with van der Waals surface area (Å²) >= 11 is 11.9. The Balaban J connectivity index is 0.00000361. The van der Waals surface area contributed by atoms with Crippen molar-refractivity contribution in [2.24, 2.45) is 11.1 Å². The van der Waals surface area contributed by atoms with Crippen molar-refractivity contribution in [2.75, 3.05) is 20.1 Å². The number of nitrogens with zero attached hydrogens (tertiary/aromatic N) is 1. The molecule has 0 fully saturated rings.